The first-order valence-corrected chi connectivity index (χ1v) is 8.32. The maximum Gasteiger partial charge on any atom is 0.240 e. The van der Waals surface area contributed by atoms with Crippen LogP contribution in [0.25, 0.3) is 0 Å². The highest BCUT2D eigenvalue weighted by Gasteiger charge is 2.25. The Bertz CT molecular complexity index is 738. The van der Waals surface area contributed by atoms with E-state index in [1.165, 1.54) is 0 Å². The van der Waals surface area contributed by atoms with Gasteiger partial charge in [-0.2, -0.15) is 0 Å². The summed E-state index contributed by atoms with van der Waals surface area (Å²) in [5.74, 6) is 0.836. The van der Waals surface area contributed by atoms with Gasteiger partial charge in [0.1, 0.15) is 12.4 Å². The normalized spacial score (nSPS) is 17.9. The second-order valence-electron chi connectivity index (χ2n) is 5.25. The lowest BCUT2D eigenvalue weighted by Gasteiger charge is -2.25. The van der Waals surface area contributed by atoms with Crippen LogP contribution >= 0.6 is 0 Å². The minimum atomic E-state index is -3.51. The van der Waals surface area contributed by atoms with Crippen LogP contribution in [0.15, 0.2) is 53.4 Å². The summed E-state index contributed by atoms with van der Waals surface area (Å²) < 4.78 is 33.0. The lowest BCUT2D eigenvalue weighted by Crippen LogP contribution is -2.42. The number of ether oxygens (including phenoxy) is 1. The van der Waals surface area contributed by atoms with Crippen molar-refractivity contribution in [3.8, 4) is 5.75 Å². The minimum Gasteiger partial charge on any atom is -0.492 e. The van der Waals surface area contributed by atoms with E-state index >= 15 is 0 Å². The molecule has 3 rings (SSSR count). The Labute approximate surface area is 124 Å². The number of rotatable bonds is 3. The van der Waals surface area contributed by atoms with Gasteiger partial charge in [-0.3, -0.25) is 0 Å². The Morgan fingerprint density at radius 3 is 2.57 bits per heavy atom. The van der Waals surface area contributed by atoms with Gasteiger partial charge < -0.3 is 4.74 Å². The topological polar surface area (TPSA) is 55.4 Å². The monoisotopic (exact) mass is 303 g/mol. The second kappa shape index (κ2) is 5.50. The fourth-order valence-corrected chi connectivity index (χ4v) is 3.63. The third-order valence-corrected chi connectivity index (χ3v) is 5.07. The molecule has 0 amide bonds. The molecule has 0 aromatic heterocycles. The van der Waals surface area contributed by atoms with Gasteiger partial charge in [-0.1, -0.05) is 35.9 Å². The van der Waals surface area contributed by atoms with E-state index in [1.807, 2.05) is 31.2 Å². The molecule has 4 nitrogen and oxygen atoms in total. The Balaban J connectivity index is 1.77. The molecule has 0 saturated heterocycles. The highest BCUT2D eigenvalue weighted by Crippen LogP contribution is 2.24. The van der Waals surface area contributed by atoms with Gasteiger partial charge in [-0.15, -0.1) is 0 Å². The van der Waals surface area contributed by atoms with Crippen molar-refractivity contribution in [1.29, 1.82) is 0 Å². The first-order valence-electron chi connectivity index (χ1n) is 6.84. The van der Waals surface area contributed by atoms with Crippen molar-refractivity contribution in [2.45, 2.75) is 24.3 Å². The van der Waals surface area contributed by atoms with E-state index in [0.29, 0.717) is 13.0 Å². The van der Waals surface area contributed by atoms with Crippen LogP contribution in [0.4, 0.5) is 0 Å². The maximum atomic E-state index is 12.4. The van der Waals surface area contributed by atoms with E-state index in [0.717, 1.165) is 16.9 Å². The van der Waals surface area contributed by atoms with Crippen molar-refractivity contribution in [2.24, 2.45) is 0 Å². The van der Waals surface area contributed by atoms with Gasteiger partial charge in [0.2, 0.25) is 10.0 Å². The number of nitrogens with one attached hydrogen (secondary N) is 1. The molecular formula is C16H17NO3S. The van der Waals surface area contributed by atoms with Crippen molar-refractivity contribution in [3.63, 3.8) is 0 Å². The number of hydrogen-bond donors (Lipinski definition) is 1. The van der Waals surface area contributed by atoms with Crippen LogP contribution < -0.4 is 9.46 Å². The molecule has 2 aromatic carbocycles. The van der Waals surface area contributed by atoms with Crippen LogP contribution in [0.2, 0.25) is 0 Å². The van der Waals surface area contributed by atoms with E-state index in [1.54, 1.807) is 24.3 Å². The minimum absolute atomic E-state index is 0.244. The van der Waals surface area contributed by atoms with Crippen LogP contribution in [0.3, 0.4) is 0 Å². The Kier molecular flexibility index (Phi) is 3.69. The second-order valence-corrected chi connectivity index (χ2v) is 6.97. The molecule has 5 heteroatoms. The molecule has 1 aliphatic rings. The molecule has 0 fully saturated rings. The molecule has 0 radical (unpaired) electrons. The summed E-state index contributed by atoms with van der Waals surface area (Å²) in [5, 5.41) is 0. The average molecular weight is 303 g/mol. The van der Waals surface area contributed by atoms with E-state index in [2.05, 4.69) is 4.72 Å². The van der Waals surface area contributed by atoms with E-state index in [9.17, 15) is 8.42 Å². The molecule has 0 bridgehead atoms. The molecule has 1 aliphatic heterocycles. The van der Waals surface area contributed by atoms with Gasteiger partial charge in [0.05, 0.1) is 10.9 Å². The van der Waals surface area contributed by atoms with Gasteiger partial charge in [0.25, 0.3) is 0 Å². The summed E-state index contributed by atoms with van der Waals surface area (Å²) in [4.78, 5) is 0.284. The van der Waals surface area contributed by atoms with Crippen molar-refractivity contribution in [2.75, 3.05) is 6.61 Å². The maximum absolute atomic E-state index is 12.4. The van der Waals surface area contributed by atoms with Crippen molar-refractivity contribution in [3.05, 3.63) is 59.7 Å². The van der Waals surface area contributed by atoms with Crippen LogP contribution in [-0.2, 0) is 16.4 Å². The molecule has 0 aliphatic carbocycles. The summed E-state index contributed by atoms with van der Waals surface area (Å²) in [5.41, 5.74) is 2.06. The smallest absolute Gasteiger partial charge is 0.240 e. The zero-order valence-corrected chi connectivity index (χ0v) is 12.6. The molecule has 1 N–H and O–H groups in total. The lowest BCUT2D eigenvalue weighted by atomic mass is 10.0. The van der Waals surface area contributed by atoms with Crippen molar-refractivity contribution < 1.29 is 13.2 Å². The first-order chi connectivity index (χ1) is 10.0. The van der Waals surface area contributed by atoms with Gasteiger partial charge in [-0.05, 0) is 37.1 Å². The summed E-state index contributed by atoms with van der Waals surface area (Å²) in [6, 6.07) is 14.3. The number of para-hydroxylation sites is 1. The predicted octanol–water partition coefficient (Wildman–Crippen LogP) is 2.28. The molecule has 0 unspecified atom stereocenters. The SMILES string of the molecule is Cc1ccc(S(=O)(=O)N[C@@H]2COc3ccccc3C2)cc1. The Morgan fingerprint density at radius 1 is 1.10 bits per heavy atom. The predicted molar refractivity (Wildman–Crippen MR) is 80.9 cm³/mol. The fourth-order valence-electron chi connectivity index (χ4n) is 2.41. The van der Waals surface area contributed by atoms with Crippen LogP contribution in [0, 0.1) is 6.92 Å². The first kappa shape index (κ1) is 14.1. The third-order valence-electron chi connectivity index (χ3n) is 3.53. The largest absolute Gasteiger partial charge is 0.492 e. The molecule has 1 heterocycles. The number of hydrogen-bond acceptors (Lipinski definition) is 3. The van der Waals surface area contributed by atoms with E-state index < -0.39 is 10.0 Å². The highest BCUT2D eigenvalue weighted by atomic mass is 32.2. The molecule has 0 spiro atoms. The van der Waals surface area contributed by atoms with E-state index in [4.69, 9.17) is 4.74 Å². The van der Waals surface area contributed by atoms with Crippen LogP contribution in [0.1, 0.15) is 11.1 Å². The van der Waals surface area contributed by atoms with Gasteiger partial charge >= 0.3 is 0 Å². The fraction of sp³-hybridized carbons (Fsp3) is 0.250. The Hall–Kier alpha value is -1.85. The zero-order chi connectivity index (χ0) is 14.9. The van der Waals surface area contributed by atoms with Crippen molar-refractivity contribution in [1.82, 2.24) is 4.72 Å². The van der Waals surface area contributed by atoms with Crippen LogP contribution in [-0.4, -0.2) is 21.1 Å². The number of sulfonamides is 1. The quantitative estimate of drug-likeness (QED) is 0.946. The van der Waals surface area contributed by atoms with Crippen LogP contribution in [0.5, 0.6) is 5.75 Å². The average Bonchev–Trinajstić information content (AvgIpc) is 2.47. The Morgan fingerprint density at radius 2 is 1.81 bits per heavy atom. The zero-order valence-electron chi connectivity index (χ0n) is 11.7. The van der Waals surface area contributed by atoms with Gasteiger partial charge in [0, 0.05) is 0 Å². The number of fused-ring (bicyclic) bond motifs is 1. The van der Waals surface area contributed by atoms with Gasteiger partial charge in [0.15, 0.2) is 0 Å². The summed E-state index contributed by atoms with van der Waals surface area (Å²) >= 11 is 0. The molecule has 110 valence electrons. The number of aryl methyl sites for hydroxylation is 1. The molecular weight excluding hydrogens is 286 g/mol. The van der Waals surface area contributed by atoms with E-state index in [-0.39, 0.29) is 10.9 Å². The summed E-state index contributed by atoms with van der Waals surface area (Å²) in [6.07, 6.45) is 0.640. The molecule has 2 aromatic rings. The van der Waals surface area contributed by atoms with Gasteiger partial charge in [-0.25, -0.2) is 13.1 Å². The molecule has 0 saturated carbocycles. The lowest BCUT2D eigenvalue weighted by molar-refractivity contribution is 0.254. The standard InChI is InChI=1S/C16H17NO3S/c1-12-6-8-15(9-7-12)21(18,19)17-14-10-13-4-2-3-5-16(13)20-11-14/h2-9,14,17H,10-11H2,1H3/t14-/m0/s1. The number of benzene rings is 2. The highest BCUT2D eigenvalue weighted by molar-refractivity contribution is 7.89. The summed E-state index contributed by atoms with van der Waals surface area (Å²) in [7, 11) is -3.51. The third kappa shape index (κ3) is 3.09. The molecule has 1 atom stereocenters. The van der Waals surface area contributed by atoms with Crippen molar-refractivity contribution >= 4 is 10.0 Å². The molecule has 21 heavy (non-hydrogen) atoms. The summed E-state index contributed by atoms with van der Waals surface area (Å²) in [6.45, 7) is 2.28.